The Kier molecular flexibility index (Phi) is 6.32. The molecular formula is C11H20NO6+. The van der Waals surface area contributed by atoms with Gasteiger partial charge < -0.3 is 19.4 Å². The van der Waals surface area contributed by atoms with Gasteiger partial charge in [0.1, 0.15) is 6.54 Å². The molecule has 18 heavy (non-hydrogen) atoms. The Labute approximate surface area is 106 Å². The maximum atomic E-state index is 11.3. The van der Waals surface area contributed by atoms with Gasteiger partial charge in [-0.1, -0.05) is 0 Å². The summed E-state index contributed by atoms with van der Waals surface area (Å²) in [6, 6.07) is 0. The van der Waals surface area contributed by atoms with E-state index in [-0.39, 0.29) is 25.8 Å². The van der Waals surface area contributed by atoms with Crippen LogP contribution in [0.1, 0.15) is 19.3 Å². The van der Waals surface area contributed by atoms with Crippen LogP contribution in [-0.2, 0) is 19.1 Å². The average Bonchev–Trinajstić information content (AvgIpc) is 2.13. The third-order valence-electron chi connectivity index (χ3n) is 2.03. The number of likely N-dealkylation sites (N-methyl/N-ethyl adjacent to an activating group) is 1. The summed E-state index contributed by atoms with van der Waals surface area (Å²) in [5.74, 6) is -2.88. The summed E-state index contributed by atoms with van der Waals surface area (Å²) in [5.41, 5.74) is 0. The van der Waals surface area contributed by atoms with Crippen molar-refractivity contribution in [1.29, 1.82) is 0 Å². The number of hydrogen-bond donors (Lipinski definition) is 2. The number of quaternary nitrogens is 1. The highest BCUT2D eigenvalue weighted by Crippen LogP contribution is 2.05. The number of carbonyl (C=O) groups excluding carboxylic acids is 1. The maximum Gasteiger partial charge on any atom is 0.351 e. The molecule has 0 saturated heterocycles. The van der Waals surface area contributed by atoms with Crippen LogP contribution in [0.3, 0.4) is 0 Å². The number of aliphatic carboxylic acids is 2. The lowest BCUT2D eigenvalue weighted by Gasteiger charge is -2.26. The molecule has 0 saturated carbocycles. The predicted molar refractivity (Wildman–Crippen MR) is 61.9 cm³/mol. The summed E-state index contributed by atoms with van der Waals surface area (Å²) < 4.78 is 5.17. The van der Waals surface area contributed by atoms with Crippen molar-refractivity contribution in [3.8, 4) is 0 Å². The Bertz CT molecular complexity index is 320. The zero-order valence-corrected chi connectivity index (χ0v) is 10.9. The molecule has 0 fully saturated rings. The fraction of sp³-hybridized carbons (Fsp3) is 0.727. The van der Waals surface area contributed by atoms with Gasteiger partial charge in [-0.15, -0.1) is 0 Å². The second kappa shape index (κ2) is 6.95. The first-order valence-corrected chi connectivity index (χ1v) is 5.56. The second-order valence-corrected chi connectivity index (χ2v) is 5.04. The lowest BCUT2D eigenvalue weighted by Crippen LogP contribution is -2.46. The van der Waals surface area contributed by atoms with Gasteiger partial charge in [-0.05, 0) is 6.42 Å². The van der Waals surface area contributed by atoms with Gasteiger partial charge >= 0.3 is 17.9 Å². The van der Waals surface area contributed by atoms with E-state index in [1.54, 1.807) is 21.1 Å². The summed E-state index contributed by atoms with van der Waals surface area (Å²) in [6.45, 7) is 0.153. The van der Waals surface area contributed by atoms with E-state index < -0.39 is 24.0 Å². The summed E-state index contributed by atoms with van der Waals surface area (Å²) in [6.07, 6.45) is -1.29. The Morgan fingerprint density at radius 2 is 1.67 bits per heavy atom. The molecule has 2 N–H and O–H groups in total. The molecular weight excluding hydrogens is 242 g/mol. The minimum absolute atomic E-state index is 0.0901. The zero-order valence-electron chi connectivity index (χ0n) is 10.9. The lowest BCUT2D eigenvalue weighted by atomic mass is 10.2. The number of carboxylic acid groups (broad SMARTS) is 2. The molecule has 7 heteroatoms. The molecule has 0 heterocycles. The fourth-order valence-corrected chi connectivity index (χ4v) is 1.26. The second-order valence-electron chi connectivity index (χ2n) is 5.04. The number of esters is 1. The van der Waals surface area contributed by atoms with Gasteiger partial charge in [0.15, 0.2) is 0 Å². The summed E-state index contributed by atoms with van der Waals surface area (Å²) in [4.78, 5) is 32.5. The van der Waals surface area contributed by atoms with E-state index in [0.29, 0.717) is 4.48 Å². The van der Waals surface area contributed by atoms with Crippen molar-refractivity contribution in [2.75, 3.05) is 27.7 Å². The first kappa shape index (κ1) is 16.4. The van der Waals surface area contributed by atoms with Gasteiger partial charge in [0, 0.05) is 12.8 Å². The highest BCUT2D eigenvalue weighted by atomic mass is 16.6. The van der Waals surface area contributed by atoms with Crippen LogP contribution in [0.15, 0.2) is 0 Å². The van der Waals surface area contributed by atoms with Crippen molar-refractivity contribution in [3.05, 3.63) is 0 Å². The largest absolute Gasteiger partial charge is 0.481 e. The van der Waals surface area contributed by atoms with Crippen LogP contribution in [0.2, 0.25) is 0 Å². The van der Waals surface area contributed by atoms with Crippen molar-refractivity contribution in [2.45, 2.75) is 25.4 Å². The summed E-state index contributed by atoms with van der Waals surface area (Å²) >= 11 is 0. The lowest BCUT2D eigenvalue weighted by molar-refractivity contribution is -0.872. The molecule has 0 aliphatic rings. The smallest absolute Gasteiger partial charge is 0.351 e. The number of carbonyl (C=O) groups is 3. The average molecular weight is 262 g/mol. The Balaban J connectivity index is 4.21. The van der Waals surface area contributed by atoms with E-state index in [2.05, 4.69) is 0 Å². The molecule has 0 aliphatic heterocycles. The van der Waals surface area contributed by atoms with Crippen LogP contribution < -0.4 is 0 Å². The molecule has 0 amide bonds. The molecule has 0 aromatic heterocycles. The predicted octanol–water partition coefficient (Wildman–Crippen LogP) is -0.0561. The first-order valence-electron chi connectivity index (χ1n) is 5.56. The van der Waals surface area contributed by atoms with E-state index >= 15 is 0 Å². The fourth-order valence-electron chi connectivity index (χ4n) is 1.26. The number of carboxylic acids is 2. The summed E-state index contributed by atoms with van der Waals surface area (Å²) in [5, 5.41) is 17.3. The van der Waals surface area contributed by atoms with Crippen LogP contribution >= 0.6 is 0 Å². The van der Waals surface area contributed by atoms with Gasteiger partial charge in [-0.25, -0.2) is 4.79 Å². The molecule has 7 nitrogen and oxygen atoms in total. The topological polar surface area (TPSA) is 101 Å². The molecule has 0 rings (SSSR count). The van der Waals surface area contributed by atoms with Gasteiger partial charge in [0.25, 0.3) is 0 Å². The molecule has 1 unspecified atom stereocenters. The van der Waals surface area contributed by atoms with E-state index in [1.807, 2.05) is 0 Å². The highest BCUT2D eigenvalue weighted by molar-refractivity contribution is 5.78. The first-order chi connectivity index (χ1) is 8.11. The van der Waals surface area contributed by atoms with E-state index in [0.717, 1.165) is 0 Å². The number of ether oxygens (including phenoxy) is 1. The standard InChI is InChI=1S/C11H19NO6/c1-12(2,3)7-8(11(16)17)18-10(15)6-4-5-9(13)14/h8H,4-7H2,1-3H3,(H-,13,14,16,17)/p+1. The van der Waals surface area contributed by atoms with Crippen LogP contribution in [-0.4, -0.2) is 66.4 Å². The SMILES string of the molecule is C[N+](C)(C)CC(OC(=O)CCCC(=O)O)C(=O)O. The van der Waals surface area contributed by atoms with Gasteiger partial charge in [0.2, 0.25) is 6.10 Å². The summed E-state index contributed by atoms with van der Waals surface area (Å²) in [7, 11) is 5.36. The molecule has 0 radical (unpaired) electrons. The zero-order chi connectivity index (χ0) is 14.3. The quantitative estimate of drug-likeness (QED) is 0.469. The van der Waals surface area contributed by atoms with E-state index in [1.165, 1.54) is 0 Å². The van der Waals surface area contributed by atoms with Crippen molar-refractivity contribution in [2.24, 2.45) is 0 Å². The van der Waals surface area contributed by atoms with Crippen molar-refractivity contribution in [3.63, 3.8) is 0 Å². The molecule has 0 spiro atoms. The van der Waals surface area contributed by atoms with Gasteiger partial charge in [0.05, 0.1) is 21.1 Å². The van der Waals surface area contributed by atoms with Crippen LogP contribution in [0, 0.1) is 0 Å². The van der Waals surface area contributed by atoms with Gasteiger partial charge in [-0.2, -0.15) is 0 Å². The molecule has 0 aliphatic carbocycles. The van der Waals surface area contributed by atoms with Crippen LogP contribution in [0.25, 0.3) is 0 Å². The third kappa shape index (κ3) is 8.51. The van der Waals surface area contributed by atoms with Crippen molar-refractivity contribution in [1.82, 2.24) is 0 Å². The van der Waals surface area contributed by atoms with Crippen molar-refractivity contribution < 1.29 is 33.8 Å². The van der Waals surface area contributed by atoms with E-state index in [4.69, 9.17) is 14.9 Å². The van der Waals surface area contributed by atoms with Crippen molar-refractivity contribution >= 4 is 17.9 Å². The Morgan fingerprint density at radius 1 is 1.11 bits per heavy atom. The third-order valence-corrected chi connectivity index (χ3v) is 2.03. The van der Waals surface area contributed by atoms with Gasteiger partial charge in [-0.3, -0.25) is 9.59 Å². The molecule has 1 atom stereocenters. The monoisotopic (exact) mass is 262 g/mol. The Hall–Kier alpha value is -1.63. The minimum Gasteiger partial charge on any atom is -0.481 e. The molecule has 0 aromatic carbocycles. The van der Waals surface area contributed by atoms with E-state index in [9.17, 15) is 14.4 Å². The number of nitrogens with zero attached hydrogens (tertiary/aromatic N) is 1. The molecule has 104 valence electrons. The minimum atomic E-state index is -1.21. The van der Waals surface area contributed by atoms with Crippen LogP contribution in [0.5, 0.6) is 0 Å². The molecule has 0 aromatic rings. The normalized spacial score (nSPS) is 12.8. The van der Waals surface area contributed by atoms with Crippen LogP contribution in [0.4, 0.5) is 0 Å². The Morgan fingerprint density at radius 3 is 2.06 bits per heavy atom. The number of rotatable bonds is 8. The molecule has 0 bridgehead atoms. The maximum absolute atomic E-state index is 11.3. The highest BCUT2D eigenvalue weighted by Gasteiger charge is 2.28. The number of hydrogen-bond acceptors (Lipinski definition) is 4.